The molecule has 0 radical (unpaired) electrons. The van der Waals surface area contributed by atoms with Gasteiger partial charge in [-0.3, -0.25) is 4.90 Å². The fourth-order valence-corrected chi connectivity index (χ4v) is 4.69. The van der Waals surface area contributed by atoms with Crippen molar-refractivity contribution in [3.05, 3.63) is 47.6 Å². The van der Waals surface area contributed by atoms with Crippen LogP contribution in [0.2, 0.25) is 5.15 Å². The Bertz CT molecular complexity index is 810. The van der Waals surface area contributed by atoms with Crippen molar-refractivity contribution in [2.75, 3.05) is 20.2 Å². The van der Waals surface area contributed by atoms with Crippen LogP contribution in [0.4, 0.5) is 0 Å². The smallest absolute Gasteiger partial charge is 0.130 e. The Morgan fingerprint density at radius 1 is 1.44 bits per heavy atom. The lowest BCUT2D eigenvalue weighted by Crippen LogP contribution is -2.54. The van der Waals surface area contributed by atoms with Crippen molar-refractivity contribution in [2.45, 2.75) is 25.0 Å². The predicted octanol–water partition coefficient (Wildman–Crippen LogP) is 3.83. The third-order valence-corrected chi connectivity index (χ3v) is 6.05. The zero-order valence-corrected chi connectivity index (χ0v) is 15.1. The summed E-state index contributed by atoms with van der Waals surface area (Å²) in [5, 5.41) is 12.5. The third kappa shape index (κ3) is 2.92. The molecule has 0 aliphatic carbocycles. The van der Waals surface area contributed by atoms with Crippen molar-refractivity contribution >= 4 is 22.5 Å². The van der Waals surface area contributed by atoms with Crippen LogP contribution >= 0.6 is 11.6 Å². The summed E-state index contributed by atoms with van der Waals surface area (Å²) in [5.41, 5.74) is 1.61. The van der Waals surface area contributed by atoms with E-state index in [0.717, 1.165) is 41.7 Å². The highest BCUT2D eigenvalue weighted by Gasteiger charge is 2.42. The van der Waals surface area contributed by atoms with Crippen LogP contribution in [0.3, 0.4) is 0 Å². The third-order valence-electron chi connectivity index (χ3n) is 5.85. The lowest BCUT2D eigenvalue weighted by Gasteiger charge is -2.50. The number of rotatable bonds is 4. The van der Waals surface area contributed by atoms with Crippen molar-refractivity contribution in [1.29, 1.82) is 0 Å². The number of aliphatic hydroxyl groups excluding tert-OH is 1. The number of hydrogen-bond acceptors (Lipinski definition) is 4. The maximum Gasteiger partial charge on any atom is 0.130 e. The number of aromatic nitrogens is 1. The fourth-order valence-electron chi connectivity index (χ4n) is 4.48. The minimum Gasteiger partial charge on any atom is -0.497 e. The highest BCUT2D eigenvalue weighted by molar-refractivity contribution is 6.30. The number of benzene rings is 1. The predicted molar refractivity (Wildman–Crippen MR) is 100 cm³/mol. The largest absolute Gasteiger partial charge is 0.497 e. The van der Waals surface area contributed by atoms with Crippen LogP contribution in [0.1, 0.15) is 24.5 Å². The Morgan fingerprint density at radius 3 is 2.96 bits per heavy atom. The Balaban J connectivity index is 1.73. The van der Waals surface area contributed by atoms with Crippen LogP contribution < -0.4 is 4.74 Å². The molecule has 5 heteroatoms. The van der Waals surface area contributed by atoms with E-state index in [-0.39, 0.29) is 6.04 Å². The van der Waals surface area contributed by atoms with E-state index in [4.69, 9.17) is 16.3 Å². The molecule has 132 valence electrons. The van der Waals surface area contributed by atoms with Crippen molar-refractivity contribution in [2.24, 2.45) is 11.8 Å². The molecule has 3 aliphatic rings. The average Bonchev–Trinajstić information content (AvgIpc) is 2.66. The van der Waals surface area contributed by atoms with E-state index in [1.807, 2.05) is 18.2 Å². The SMILES string of the molecule is C=C[C@H]1CN2CC[C@H]1C[C@H]2[C@H](O)c1cc(Cl)nc2ccc(OC)cc12. The molecule has 2 bridgehead atoms. The number of fused-ring (bicyclic) bond motifs is 4. The maximum absolute atomic E-state index is 11.2. The maximum atomic E-state index is 11.2. The summed E-state index contributed by atoms with van der Waals surface area (Å²) in [6.07, 6.45) is 3.65. The number of pyridine rings is 1. The van der Waals surface area contributed by atoms with Gasteiger partial charge >= 0.3 is 0 Å². The molecular weight excluding hydrogens is 336 g/mol. The molecule has 0 spiro atoms. The number of aliphatic hydroxyl groups is 1. The van der Waals surface area contributed by atoms with E-state index in [1.54, 1.807) is 13.2 Å². The molecule has 4 nitrogen and oxygen atoms in total. The van der Waals surface area contributed by atoms with Crippen LogP contribution in [-0.2, 0) is 0 Å². The molecule has 0 amide bonds. The first-order valence-electron chi connectivity index (χ1n) is 8.79. The van der Waals surface area contributed by atoms with E-state index in [1.165, 1.54) is 6.42 Å². The summed E-state index contributed by atoms with van der Waals surface area (Å²) in [6, 6.07) is 7.59. The topological polar surface area (TPSA) is 45.6 Å². The number of piperidine rings is 3. The van der Waals surface area contributed by atoms with Gasteiger partial charge in [-0.25, -0.2) is 4.98 Å². The van der Waals surface area contributed by atoms with Gasteiger partial charge in [-0.15, -0.1) is 6.58 Å². The zero-order chi connectivity index (χ0) is 17.6. The quantitative estimate of drug-likeness (QED) is 0.666. The van der Waals surface area contributed by atoms with Crippen molar-refractivity contribution in [1.82, 2.24) is 9.88 Å². The van der Waals surface area contributed by atoms with Gasteiger partial charge in [-0.1, -0.05) is 17.7 Å². The van der Waals surface area contributed by atoms with Gasteiger partial charge in [0.15, 0.2) is 0 Å². The molecule has 3 aliphatic heterocycles. The molecule has 1 N–H and O–H groups in total. The van der Waals surface area contributed by atoms with E-state index < -0.39 is 6.10 Å². The van der Waals surface area contributed by atoms with Crippen molar-refractivity contribution in [3.8, 4) is 5.75 Å². The fraction of sp³-hybridized carbons (Fsp3) is 0.450. The highest BCUT2D eigenvalue weighted by atomic mass is 35.5. The number of halogens is 1. The Kier molecular flexibility index (Phi) is 4.44. The number of hydrogen-bond donors (Lipinski definition) is 1. The minimum absolute atomic E-state index is 0.114. The van der Waals surface area contributed by atoms with Gasteiger partial charge in [0.25, 0.3) is 0 Å². The first-order chi connectivity index (χ1) is 12.1. The normalized spacial score (nSPS) is 29.6. The molecule has 4 heterocycles. The second-order valence-corrected chi connectivity index (χ2v) is 7.50. The molecule has 1 aromatic carbocycles. The molecule has 1 unspecified atom stereocenters. The van der Waals surface area contributed by atoms with Gasteiger partial charge < -0.3 is 9.84 Å². The summed E-state index contributed by atoms with van der Waals surface area (Å²) >= 11 is 6.22. The van der Waals surface area contributed by atoms with Gasteiger partial charge in [0.05, 0.1) is 18.7 Å². The molecule has 5 rings (SSSR count). The molecule has 1 aromatic heterocycles. The number of ether oxygens (including phenoxy) is 1. The first kappa shape index (κ1) is 16.8. The standard InChI is InChI=1S/C20H23ClN2O2/c1-3-12-11-23-7-6-13(12)8-18(23)20(24)16-10-19(21)22-17-5-4-14(25-2)9-15(16)17/h3-5,9-10,12-13,18,20,24H,1,6-8,11H2,2H3/t12-,13-,18-,20+/m0/s1. The van der Waals surface area contributed by atoms with Gasteiger partial charge in [-0.2, -0.15) is 0 Å². The van der Waals surface area contributed by atoms with E-state index in [2.05, 4.69) is 22.5 Å². The molecule has 25 heavy (non-hydrogen) atoms. The Hall–Kier alpha value is -1.62. The summed E-state index contributed by atoms with van der Waals surface area (Å²) < 4.78 is 5.35. The second-order valence-electron chi connectivity index (χ2n) is 7.11. The van der Waals surface area contributed by atoms with Gasteiger partial charge in [0.2, 0.25) is 0 Å². The van der Waals surface area contributed by atoms with Crippen LogP contribution in [0, 0.1) is 11.8 Å². The second kappa shape index (κ2) is 6.60. The first-order valence-corrected chi connectivity index (χ1v) is 9.17. The van der Waals surface area contributed by atoms with E-state index in [0.29, 0.717) is 17.0 Å². The van der Waals surface area contributed by atoms with E-state index in [9.17, 15) is 5.11 Å². The lowest BCUT2D eigenvalue weighted by atomic mass is 9.73. The average molecular weight is 359 g/mol. The number of methoxy groups -OCH3 is 1. The molecule has 3 fully saturated rings. The monoisotopic (exact) mass is 358 g/mol. The lowest BCUT2D eigenvalue weighted by molar-refractivity contribution is -0.0444. The summed E-state index contributed by atoms with van der Waals surface area (Å²) in [5.74, 6) is 1.90. The number of nitrogens with zero attached hydrogens (tertiary/aromatic N) is 2. The van der Waals surface area contributed by atoms with Crippen LogP contribution in [0.25, 0.3) is 10.9 Å². The van der Waals surface area contributed by atoms with E-state index >= 15 is 0 Å². The summed E-state index contributed by atoms with van der Waals surface area (Å²) in [7, 11) is 1.64. The van der Waals surface area contributed by atoms with Crippen LogP contribution in [0.5, 0.6) is 5.75 Å². The van der Waals surface area contributed by atoms with Crippen LogP contribution in [-0.4, -0.2) is 41.2 Å². The van der Waals surface area contributed by atoms with Crippen LogP contribution in [0.15, 0.2) is 36.9 Å². The molecule has 2 aromatic rings. The van der Waals surface area contributed by atoms with Crippen molar-refractivity contribution < 1.29 is 9.84 Å². The summed E-state index contributed by atoms with van der Waals surface area (Å²) in [6.45, 7) is 5.99. The highest BCUT2D eigenvalue weighted by Crippen LogP contribution is 2.42. The Morgan fingerprint density at radius 2 is 2.28 bits per heavy atom. The molecule has 5 atom stereocenters. The summed E-state index contributed by atoms with van der Waals surface area (Å²) in [4.78, 5) is 6.78. The molecule has 3 saturated heterocycles. The van der Waals surface area contributed by atoms with Gasteiger partial charge in [0.1, 0.15) is 10.9 Å². The zero-order valence-electron chi connectivity index (χ0n) is 14.4. The van der Waals surface area contributed by atoms with Gasteiger partial charge in [0, 0.05) is 18.0 Å². The van der Waals surface area contributed by atoms with Crippen molar-refractivity contribution in [3.63, 3.8) is 0 Å². The molecule has 0 saturated carbocycles. The van der Waals surface area contributed by atoms with Gasteiger partial charge in [-0.05, 0) is 61.1 Å². The molecular formula is C20H23ClN2O2. The minimum atomic E-state index is -0.594. The Labute approximate surface area is 153 Å².